The van der Waals surface area contributed by atoms with Crippen LogP contribution in [0.5, 0.6) is 17.2 Å². The summed E-state index contributed by atoms with van der Waals surface area (Å²) in [4.78, 5) is 13.9. The van der Waals surface area contributed by atoms with Crippen LogP contribution in [0.25, 0.3) is 0 Å². The first kappa shape index (κ1) is 24.8. The minimum atomic E-state index is -0.115. The van der Waals surface area contributed by atoms with Gasteiger partial charge in [0.1, 0.15) is 5.75 Å². The number of carbonyl (C=O) groups is 1. The molecule has 1 amide bonds. The predicted octanol–water partition coefficient (Wildman–Crippen LogP) is 6.02. The van der Waals surface area contributed by atoms with Gasteiger partial charge in [-0.2, -0.15) is 0 Å². The molecule has 0 heterocycles. The highest BCUT2D eigenvalue weighted by Crippen LogP contribution is 2.30. The molecule has 0 saturated carbocycles. The van der Waals surface area contributed by atoms with Gasteiger partial charge in [0.15, 0.2) is 11.5 Å². The van der Waals surface area contributed by atoms with Crippen molar-refractivity contribution in [3.05, 3.63) is 82.4 Å². The van der Waals surface area contributed by atoms with Gasteiger partial charge in [-0.15, -0.1) is 11.8 Å². The monoisotopic (exact) mass is 485 g/mol. The molecule has 0 spiro atoms. The molecular weight excluding hydrogens is 458 g/mol. The summed E-state index contributed by atoms with van der Waals surface area (Å²) in [6.45, 7) is 3.02. The zero-order chi connectivity index (χ0) is 23.6. The number of methoxy groups -OCH3 is 2. The number of hydrogen-bond donors (Lipinski definition) is 1. The predicted molar refractivity (Wildman–Crippen MR) is 134 cm³/mol. The highest BCUT2D eigenvalue weighted by Gasteiger charge is 2.12. The number of thioether (sulfide) groups is 1. The fourth-order valence-electron chi connectivity index (χ4n) is 3.28. The largest absolute Gasteiger partial charge is 0.494 e. The topological polar surface area (TPSA) is 56.8 Å². The molecule has 0 bridgehead atoms. The van der Waals surface area contributed by atoms with Gasteiger partial charge in [-0.05, 0) is 73.5 Å². The van der Waals surface area contributed by atoms with Gasteiger partial charge in [0, 0.05) is 33.3 Å². The fourth-order valence-corrected chi connectivity index (χ4v) is 4.28. The van der Waals surface area contributed by atoms with Gasteiger partial charge in [0.2, 0.25) is 0 Å². The molecule has 3 aromatic rings. The standard InChI is InChI=1S/C26H28ClNO4S/c1-4-32-23-12-6-19(16-20(23)17-33-22-9-7-21(27)8-10-22)26(29)28-14-13-18-5-11-24(30-2)25(15-18)31-3/h5-12,15-16H,4,13-14,17H2,1-3H3,(H,28,29). The Labute approximate surface area is 204 Å². The number of hydrogen-bond acceptors (Lipinski definition) is 5. The van der Waals surface area contributed by atoms with Crippen LogP contribution in [0.4, 0.5) is 0 Å². The van der Waals surface area contributed by atoms with E-state index in [4.69, 9.17) is 25.8 Å². The van der Waals surface area contributed by atoms with Crippen molar-refractivity contribution in [2.75, 3.05) is 27.4 Å². The molecule has 174 valence electrons. The first-order chi connectivity index (χ1) is 16.0. The number of amides is 1. The van der Waals surface area contributed by atoms with E-state index in [1.807, 2.05) is 61.5 Å². The maximum atomic E-state index is 12.8. The number of benzene rings is 3. The summed E-state index contributed by atoms with van der Waals surface area (Å²) in [5.41, 5.74) is 2.64. The zero-order valence-electron chi connectivity index (χ0n) is 19.0. The van der Waals surface area contributed by atoms with Crippen molar-refractivity contribution in [3.63, 3.8) is 0 Å². The smallest absolute Gasteiger partial charge is 0.251 e. The van der Waals surface area contributed by atoms with Crippen molar-refractivity contribution < 1.29 is 19.0 Å². The van der Waals surface area contributed by atoms with Crippen LogP contribution in [-0.2, 0) is 12.2 Å². The van der Waals surface area contributed by atoms with Gasteiger partial charge >= 0.3 is 0 Å². The maximum Gasteiger partial charge on any atom is 0.251 e. The molecule has 3 aromatic carbocycles. The Balaban J connectivity index is 1.63. The number of nitrogens with one attached hydrogen (secondary N) is 1. The number of rotatable bonds is 11. The Bertz CT molecular complexity index is 1070. The van der Waals surface area contributed by atoms with Gasteiger partial charge in [0.05, 0.1) is 20.8 Å². The first-order valence-electron chi connectivity index (χ1n) is 10.7. The van der Waals surface area contributed by atoms with Crippen LogP contribution in [0.2, 0.25) is 5.02 Å². The summed E-state index contributed by atoms with van der Waals surface area (Å²) in [7, 11) is 3.22. The molecule has 7 heteroatoms. The van der Waals surface area contributed by atoms with E-state index < -0.39 is 0 Å². The number of halogens is 1. The van der Waals surface area contributed by atoms with E-state index in [1.54, 1.807) is 32.0 Å². The Morgan fingerprint density at radius 1 is 0.939 bits per heavy atom. The van der Waals surface area contributed by atoms with E-state index in [-0.39, 0.29) is 5.91 Å². The molecule has 3 rings (SSSR count). The fraction of sp³-hybridized carbons (Fsp3) is 0.269. The zero-order valence-corrected chi connectivity index (χ0v) is 20.6. The van der Waals surface area contributed by atoms with E-state index in [9.17, 15) is 4.79 Å². The minimum Gasteiger partial charge on any atom is -0.494 e. The van der Waals surface area contributed by atoms with Crippen LogP contribution in [0.1, 0.15) is 28.4 Å². The minimum absolute atomic E-state index is 0.115. The maximum absolute atomic E-state index is 12.8. The van der Waals surface area contributed by atoms with Crippen LogP contribution in [0.3, 0.4) is 0 Å². The van der Waals surface area contributed by atoms with Crippen molar-refractivity contribution in [1.82, 2.24) is 5.32 Å². The third-order valence-corrected chi connectivity index (χ3v) is 6.29. The van der Waals surface area contributed by atoms with Crippen molar-refractivity contribution in [2.24, 2.45) is 0 Å². The Morgan fingerprint density at radius 2 is 1.67 bits per heavy atom. The lowest BCUT2D eigenvalue weighted by Crippen LogP contribution is -2.25. The molecule has 0 aliphatic carbocycles. The summed E-state index contributed by atoms with van der Waals surface area (Å²) < 4.78 is 16.4. The average molecular weight is 486 g/mol. The van der Waals surface area contributed by atoms with Crippen molar-refractivity contribution >= 4 is 29.3 Å². The molecule has 0 saturated heterocycles. The molecule has 0 fully saturated rings. The quantitative estimate of drug-likeness (QED) is 0.336. The molecule has 0 aliphatic heterocycles. The second-order valence-corrected chi connectivity index (χ2v) is 8.68. The molecule has 5 nitrogen and oxygen atoms in total. The third kappa shape index (κ3) is 7.07. The molecule has 0 atom stereocenters. The molecule has 0 radical (unpaired) electrons. The number of carbonyl (C=O) groups excluding carboxylic acids is 1. The van der Waals surface area contributed by atoms with Gasteiger partial charge < -0.3 is 19.5 Å². The lowest BCUT2D eigenvalue weighted by atomic mass is 10.1. The Morgan fingerprint density at radius 3 is 2.36 bits per heavy atom. The van der Waals surface area contributed by atoms with Crippen molar-refractivity contribution in [1.29, 1.82) is 0 Å². The summed E-state index contributed by atoms with van der Waals surface area (Å²) in [6.07, 6.45) is 0.683. The summed E-state index contributed by atoms with van der Waals surface area (Å²) in [6, 6.07) is 19.0. The highest BCUT2D eigenvalue weighted by atomic mass is 35.5. The third-order valence-electron chi connectivity index (χ3n) is 4.98. The lowest BCUT2D eigenvalue weighted by Gasteiger charge is -2.13. The first-order valence-corrected chi connectivity index (χ1v) is 12.0. The molecule has 0 aliphatic rings. The van der Waals surface area contributed by atoms with Gasteiger partial charge in [-0.25, -0.2) is 0 Å². The summed E-state index contributed by atoms with van der Waals surface area (Å²) >= 11 is 7.65. The SMILES string of the molecule is CCOc1ccc(C(=O)NCCc2ccc(OC)c(OC)c2)cc1CSc1ccc(Cl)cc1. The lowest BCUT2D eigenvalue weighted by molar-refractivity contribution is 0.0954. The van der Waals surface area contributed by atoms with Crippen LogP contribution < -0.4 is 19.5 Å². The van der Waals surface area contributed by atoms with E-state index in [0.29, 0.717) is 47.4 Å². The molecule has 1 N–H and O–H groups in total. The van der Waals surface area contributed by atoms with Crippen LogP contribution in [0.15, 0.2) is 65.6 Å². The van der Waals surface area contributed by atoms with Gasteiger partial charge in [-0.1, -0.05) is 17.7 Å². The molecule has 33 heavy (non-hydrogen) atoms. The van der Waals surface area contributed by atoms with E-state index in [0.717, 1.165) is 21.8 Å². The van der Waals surface area contributed by atoms with Crippen LogP contribution in [-0.4, -0.2) is 33.3 Å². The average Bonchev–Trinajstić information content (AvgIpc) is 2.84. The van der Waals surface area contributed by atoms with Crippen molar-refractivity contribution in [3.8, 4) is 17.2 Å². The normalized spacial score (nSPS) is 10.5. The second kappa shape index (κ2) is 12.4. The van der Waals surface area contributed by atoms with Crippen molar-refractivity contribution in [2.45, 2.75) is 24.0 Å². The summed E-state index contributed by atoms with van der Waals surface area (Å²) in [5.74, 6) is 2.72. The molecule has 0 unspecified atom stereocenters. The van der Waals surface area contributed by atoms with Gasteiger partial charge in [0.25, 0.3) is 5.91 Å². The van der Waals surface area contributed by atoms with E-state index >= 15 is 0 Å². The van der Waals surface area contributed by atoms with E-state index in [1.165, 1.54) is 0 Å². The highest BCUT2D eigenvalue weighted by molar-refractivity contribution is 7.98. The van der Waals surface area contributed by atoms with Crippen LogP contribution >= 0.6 is 23.4 Å². The Hall–Kier alpha value is -2.83. The van der Waals surface area contributed by atoms with Crippen LogP contribution in [0, 0.1) is 0 Å². The second-order valence-electron chi connectivity index (χ2n) is 7.19. The molecule has 0 aromatic heterocycles. The molecular formula is C26H28ClNO4S. The Kier molecular flexibility index (Phi) is 9.34. The van der Waals surface area contributed by atoms with Gasteiger partial charge in [-0.3, -0.25) is 4.79 Å². The summed E-state index contributed by atoms with van der Waals surface area (Å²) in [5, 5.41) is 3.71. The van der Waals surface area contributed by atoms with E-state index in [2.05, 4.69) is 5.32 Å². The number of ether oxygens (including phenoxy) is 3.